The Bertz CT molecular complexity index is 1430. The summed E-state index contributed by atoms with van der Waals surface area (Å²) in [5.74, 6) is 1.02. The third kappa shape index (κ3) is 5.23. The number of fused-ring (bicyclic) bond motifs is 1. The maximum Gasteiger partial charge on any atom is 0.357 e. The zero-order valence-corrected chi connectivity index (χ0v) is 24.2. The number of hydrogen-bond donors (Lipinski definition) is 1. The van der Waals surface area contributed by atoms with Crippen LogP contribution in [0.4, 0.5) is 0 Å². The maximum atomic E-state index is 14.1. The van der Waals surface area contributed by atoms with Crippen molar-refractivity contribution in [2.75, 3.05) is 79.9 Å². The SMILES string of the molecule is COC(=O)c1c(-c2cc(Br)c(OC)c(OC)c2)c2cc(OC)c(OC)cc2c(=O)n1N1CCN(CCO)CC1. The van der Waals surface area contributed by atoms with E-state index in [9.17, 15) is 14.7 Å². The van der Waals surface area contributed by atoms with Crippen molar-refractivity contribution in [2.45, 2.75) is 0 Å². The Kier molecular flexibility index (Phi) is 8.88. The number of halogens is 1. The predicted octanol–water partition coefficient (Wildman–Crippen LogP) is 2.50. The lowest BCUT2D eigenvalue weighted by Gasteiger charge is -2.37. The number of benzene rings is 2. The van der Waals surface area contributed by atoms with Crippen LogP contribution in [0.3, 0.4) is 0 Å². The molecule has 1 aliphatic rings. The number of carbonyl (C=O) groups is 1. The molecule has 0 unspecified atom stereocenters. The summed E-state index contributed by atoms with van der Waals surface area (Å²) in [5.41, 5.74) is 0.712. The van der Waals surface area contributed by atoms with Crippen molar-refractivity contribution in [3.05, 3.63) is 44.8 Å². The zero-order chi connectivity index (χ0) is 28.3. The van der Waals surface area contributed by atoms with E-state index in [2.05, 4.69) is 20.8 Å². The average molecular weight is 606 g/mol. The molecular weight excluding hydrogens is 574 g/mol. The highest BCUT2D eigenvalue weighted by atomic mass is 79.9. The van der Waals surface area contributed by atoms with Gasteiger partial charge in [-0.25, -0.2) is 9.47 Å². The van der Waals surface area contributed by atoms with Gasteiger partial charge in [-0.15, -0.1) is 0 Å². The zero-order valence-electron chi connectivity index (χ0n) is 22.6. The number of β-amino-alcohol motifs (C(OH)–C–C–N with tert-alkyl or cyclic N) is 1. The van der Waals surface area contributed by atoms with Crippen molar-refractivity contribution in [2.24, 2.45) is 0 Å². The van der Waals surface area contributed by atoms with Gasteiger partial charge < -0.3 is 33.8 Å². The summed E-state index contributed by atoms with van der Waals surface area (Å²) in [4.78, 5) is 29.7. The Morgan fingerprint density at radius 3 is 2.03 bits per heavy atom. The highest BCUT2D eigenvalue weighted by molar-refractivity contribution is 9.10. The number of aliphatic hydroxyl groups excluding tert-OH is 1. The summed E-state index contributed by atoms with van der Waals surface area (Å²) < 4.78 is 29.4. The van der Waals surface area contributed by atoms with Crippen molar-refractivity contribution < 1.29 is 33.6 Å². The van der Waals surface area contributed by atoms with Crippen LogP contribution in [0.25, 0.3) is 21.9 Å². The second-order valence-corrected chi connectivity index (χ2v) is 9.65. The van der Waals surface area contributed by atoms with E-state index in [4.69, 9.17) is 23.7 Å². The van der Waals surface area contributed by atoms with E-state index in [0.717, 1.165) is 0 Å². The smallest absolute Gasteiger partial charge is 0.357 e. The van der Waals surface area contributed by atoms with E-state index in [1.807, 2.05) is 5.01 Å². The molecule has 4 rings (SSSR count). The molecule has 0 radical (unpaired) electrons. The van der Waals surface area contributed by atoms with Gasteiger partial charge in [-0.2, -0.15) is 0 Å². The Labute approximate surface area is 234 Å². The Morgan fingerprint density at radius 2 is 1.49 bits per heavy atom. The van der Waals surface area contributed by atoms with Crippen LogP contribution in [0.2, 0.25) is 0 Å². The molecule has 1 aromatic heterocycles. The minimum absolute atomic E-state index is 0.0449. The Hall–Kier alpha value is -3.48. The summed E-state index contributed by atoms with van der Waals surface area (Å²) in [6.45, 7) is 2.70. The number of piperazine rings is 1. The van der Waals surface area contributed by atoms with Gasteiger partial charge in [-0.1, -0.05) is 0 Å². The fourth-order valence-corrected chi connectivity index (χ4v) is 5.53. The van der Waals surface area contributed by atoms with E-state index in [1.54, 1.807) is 24.3 Å². The van der Waals surface area contributed by atoms with Crippen molar-refractivity contribution >= 4 is 32.7 Å². The van der Waals surface area contributed by atoms with Crippen LogP contribution >= 0.6 is 15.9 Å². The molecule has 1 N–H and O–H groups in total. The van der Waals surface area contributed by atoms with Crippen LogP contribution < -0.4 is 29.5 Å². The summed E-state index contributed by atoms with van der Waals surface area (Å²) in [5, 5.41) is 12.0. The van der Waals surface area contributed by atoms with Crippen molar-refractivity contribution in [3.63, 3.8) is 0 Å². The van der Waals surface area contributed by atoms with Gasteiger partial charge in [-0.05, 0) is 45.8 Å². The first-order valence-electron chi connectivity index (χ1n) is 12.3. The van der Waals surface area contributed by atoms with Crippen molar-refractivity contribution in [3.8, 4) is 34.1 Å². The van der Waals surface area contributed by atoms with E-state index in [-0.39, 0.29) is 12.3 Å². The molecule has 0 spiro atoms. The van der Waals surface area contributed by atoms with Crippen LogP contribution in [0.5, 0.6) is 23.0 Å². The van der Waals surface area contributed by atoms with E-state index in [0.29, 0.717) is 82.1 Å². The van der Waals surface area contributed by atoms with Crippen LogP contribution in [0.1, 0.15) is 10.5 Å². The molecule has 210 valence electrons. The van der Waals surface area contributed by atoms with Gasteiger partial charge in [0.15, 0.2) is 28.7 Å². The maximum absolute atomic E-state index is 14.1. The van der Waals surface area contributed by atoms with Crippen molar-refractivity contribution in [1.29, 1.82) is 0 Å². The first-order valence-corrected chi connectivity index (χ1v) is 13.1. The number of carbonyl (C=O) groups excluding carboxylic acids is 1. The Morgan fingerprint density at radius 1 is 0.872 bits per heavy atom. The number of esters is 1. The topological polar surface area (TPSA) is 112 Å². The van der Waals surface area contributed by atoms with E-state index >= 15 is 0 Å². The lowest BCUT2D eigenvalue weighted by atomic mass is 9.96. The fourth-order valence-electron chi connectivity index (χ4n) is 4.92. The molecule has 0 atom stereocenters. The fraction of sp³-hybridized carbons (Fsp3) is 0.407. The minimum Gasteiger partial charge on any atom is -0.493 e. The average Bonchev–Trinajstić information content (AvgIpc) is 2.96. The number of aromatic nitrogens is 1. The molecule has 39 heavy (non-hydrogen) atoms. The number of nitrogens with zero attached hydrogens (tertiary/aromatic N) is 3. The van der Waals surface area contributed by atoms with Gasteiger partial charge in [-0.3, -0.25) is 9.69 Å². The normalized spacial score (nSPS) is 13.9. The summed E-state index contributed by atoms with van der Waals surface area (Å²) in [7, 11) is 7.34. The standard InChI is InChI=1S/C27H32BrN3O8/c1-35-20-14-17-18(15-21(20)36-2)26(33)31(30-8-6-29(7-9-30)10-11-32)24(27(34)39-5)23(17)16-12-19(28)25(38-4)22(13-16)37-3/h12-15,32H,6-11H2,1-5H3. The molecule has 11 nitrogen and oxygen atoms in total. The largest absolute Gasteiger partial charge is 0.493 e. The first-order chi connectivity index (χ1) is 18.8. The molecule has 0 saturated carbocycles. The Balaban J connectivity index is 2.12. The lowest BCUT2D eigenvalue weighted by Crippen LogP contribution is -2.55. The number of ether oxygens (including phenoxy) is 5. The monoisotopic (exact) mass is 605 g/mol. The number of hydrogen-bond acceptors (Lipinski definition) is 10. The lowest BCUT2D eigenvalue weighted by molar-refractivity contribution is 0.0586. The third-order valence-corrected chi connectivity index (χ3v) is 7.40. The quantitative estimate of drug-likeness (QED) is 0.365. The van der Waals surface area contributed by atoms with Gasteiger partial charge in [0.2, 0.25) is 0 Å². The molecular formula is C27H32BrN3O8. The van der Waals surface area contributed by atoms with E-state index < -0.39 is 11.5 Å². The first kappa shape index (κ1) is 28.5. The number of aliphatic hydroxyl groups is 1. The second-order valence-electron chi connectivity index (χ2n) is 8.80. The molecule has 2 heterocycles. The minimum atomic E-state index is -0.678. The predicted molar refractivity (Wildman–Crippen MR) is 150 cm³/mol. The second kappa shape index (κ2) is 12.1. The molecule has 3 aromatic rings. The molecule has 0 aliphatic carbocycles. The highest BCUT2D eigenvalue weighted by Crippen LogP contribution is 2.43. The third-order valence-electron chi connectivity index (χ3n) is 6.81. The van der Waals surface area contributed by atoms with Gasteiger partial charge in [0.05, 0.1) is 52.0 Å². The van der Waals surface area contributed by atoms with Crippen LogP contribution in [-0.2, 0) is 4.74 Å². The van der Waals surface area contributed by atoms with Crippen molar-refractivity contribution in [1.82, 2.24) is 9.58 Å². The van der Waals surface area contributed by atoms with Gasteiger partial charge in [0.1, 0.15) is 0 Å². The molecule has 1 saturated heterocycles. The van der Waals surface area contributed by atoms with Gasteiger partial charge >= 0.3 is 5.97 Å². The van der Waals surface area contributed by atoms with Gasteiger partial charge in [0, 0.05) is 43.7 Å². The molecule has 0 bridgehead atoms. The molecule has 0 amide bonds. The van der Waals surface area contributed by atoms with Gasteiger partial charge in [0.25, 0.3) is 5.56 Å². The summed E-state index contributed by atoms with van der Waals surface area (Å²) in [6.07, 6.45) is 0. The summed E-state index contributed by atoms with van der Waals surface area (Å²) >= 11 is 3.55. The number of pyridine rings is 1. The molecule has 1 aliphatic heterocycles. The molecule has 1 fully saturated rings. The highest BCUT2D eigenvalue weighted by Gasteiger charge is 2.30. The van der Waals surface area contributed by atoms with Crippen LogP contribution in [-0.4, -0.2) is 95.5 Å². The molecule has 2 aromatic carbocycles. The molecule has 12 heteroatoms. The van der Waals surface area contributed by atoms with E-state index in [1.165, 1.54) is 40.2 Å². The summed E-state index contributed by atoms with van der Waals surface area (Å²) in [6, 6.07) is 6.85. The number of rotatable bonds is 9. The van der Waals surface area contributed by atoms with Crippen LogP contribution in [0, 0.1) is 0 Å². The number of methoxy groups -OCH3 is 5. The van der Waals surface area contributed by atoms with Crippen LogP contribution in [0.15, 0.2) is 33.5 Å².